The number of alkyl halides is 2. The molecule has 2 rings (SSSR count). The van der Waals surface area contributed by atoms with Crippen LogP contribution in [-0.4, -0.2) is 30.0 Å². The minimum absolute atomic E-state index is 0.0225. The molecule has 0 spiro atoms. The predicted octanol–water partition coefficient (Wildman–Crippen LogP) is 3.74. The fourth-order valence-corrected chi connectivity index (χ4v) is 2.35. The van der Waals surface area contributed by atoms with Crippen LogP contribution in [-0.2, 0) is 5.92 Å². The summed E-state index contributed by atoms with van der Waals surface area (Å²) in [7, 11) is 1.89. The monoisotopic (exact) mass is 292 g/mol. The maximum Gasteiger partial charge on any atom is 0.294 e. The van der Waals surface area contributed by atoms with Gasteiger partial charge in [0.05, 0.1) is 0 Å². The van der Waals surface area contributed by atoms with Crippen LogP contribution in [0.15, 0.2) is 23.8 Å². The summed E-state index contributed by atoms with van der Waals surface area (Å²) in [6, 6.07) is 2.32. The van der Waals surface area contributed by atoms with Crippen LogP contribution in [0.3, 0.4) is 0 Å². The lowest BCUT2D eigenvalue weighted by Gasteiger charge is -2.27. The number of rotatable bonds is 2. The van der Waals surface area contributed by atoms with Gasteiger partial charge in [-0.2, -0.15) is 8.78 Å². The summed E-state index contributed by atoms with van der Waals surface area (Å²) in [6.45, 7) is 1.14. The molecule has 0 saturated carbocycles. The summed E-state index contributed by atoms with van der Waals surface area (Å²) < 4.78 is 28.6. The normalized spacial score (nSPS) is 17.7. The van der Waals surface area contributed by atoms with Gasteiger partial charge in [-0.1, -0.05) is 29.3 Å². The molecule has 0 fully saturated rings. The van der Waals surface area contributed by atoms with E-state index < -0.39 is 5.92 Å². The first-order chi connectivity index (χ1) is 8.39. The van der Waals surface area contributed by atoms with E-state index in [1.165, 1.54) is 0 Å². The van der Waals surface area contributed by atoms with E-state index in [1.54, 1.807) is 6.08 Å². The van der Waals surface area contributed by atoms with E-state index in [0.717, 1.165) is 12.1 Å². The molecule has 1 aromatic heterocycles. The van der Waals surface area contributed by atoms with E-state index >= 15 is 0 Å². The van der Waals surface area contributed by atoms with Crippen molar-refractivity contribution >= 4 is 23.2 Å². The molecule has 0 saturated heterocycles. The van der Waals surface area contributed by atoms with Gasteiger partial charge in [0, 0.05) is 24.2 Å². The topological polar surface area (TPSA) is 16.1 Å². The molecule has 2 nitrogen and oxygen atoms in total. The number of aromatic nitrogens is 1. The second-order valence-corrected chi connectivity index (χ2v) is 5.09. The van der Waals surface area contributed by atoms with Gasteiger partial charge in [0.25, 0.3) is 5.92 Å². The van der Waals surface area contributed by atoms with Crippen LogP contribution in [0.5, 0.6) is 0 Å². The van der Waals surface area contributed by atoms with Gasteiger partial charge in [-0.05, 0) is 25.6 Å². The van der Waals surface area contributed by atoms with E-state index in [9.17, 15) is 8.78 Å². The lowest BCUT2D eigenvalue weighted by atomic mass is 9.96. The largest absolute Gasteiger partial charge is 0.302 e. The third-order valence-electron chi connectivity index (χ3n) is 2.94. The lowest BCUT2D eigenvalue weighted by molar-refractivity contribution is 0.0303. The highest BCUT2D eigenvalue weighted by molar-refractivity contribution is 6.32. The summed E-state index contributed by atoms with van der Waals surface area (Å²) in [4.78, 5) is 5.65. The molecule has 0 radical (unpaired) electrons. The minimum atomic E-state index is -3.04. The Morgan fingerprint density at radius 1 is 1.28 bits per heavy atom. The highest BCUT2D eigenvalue weighted by Gasteiger charge is 2.37. The van der Waals surface area contributed by atoms with Crippen molar-refractivity contribution in [1.82, 2.24) is 9.88 Å². The fourth-order valence-electron chi connectivity index (χ4n) is 1.89. The SMILES string of the molecule is CN1CC=C(C(F)(F)c2cc(Cl)nc(Cl)c2)CC1. The van der Waals surface area contributed by atoms with Gasteiger partial charge in [-0.15, -0.1) is 0 Å². The Morgan fingerprint density at radius 3 is 2.39 bits per heavy atom. The van der Waals surface area contributed by atoms with Gasteiger partial charge in [0.1, 0.15) is 10.3 Å². The van der Waals surface area contributed by atoms with Crippen molar-refractivity contribution in [1.29, 1.82) is 0 Å². The second-order valence-electron chi connectivity index (χ2n) is 4.32. The van der Waals surface area contributed by atoms with Crippen LogP contribution in [0.25, 0.3) is 0 Å². The highest BCUT2D eigenvalue weighted by Crippen LogP contribution is 2.39. The molecular formula is C12H12Cl2F2N2. The van der Waals surface area contributed by atoms with E-state index in [2.05, 4.69) is 4.98 Å². The molecule has 6 heteroatoms. The van der Waals surface area contributed by atoms with Gasteiger partial charge in [-0.3, -0.25) is 0 Å². The van der Waals surface area contributed by atoms with Crippen molar-refractivity contribution in [3.63, 3.8) is 0 Å². The third kappa shape index (κ3) is 2.82. The molecule has 1 aliphatic rings. The van der Waals surface area contributed by atoms with Crippen LogP contribution in [0.1, 0.15) is 12.0 Å². The summed E-state index contributed by atoms with van der Waals surface area (Å²) in [5.41, 5.74) is -0.0952. The van der Waals surface area contributed by atoms with E-state index in [4.69, 9.17) is 23.2 Å². The summed E-state index contributed by atoms with van der Waals surface area (Å²) in [5.74, 6) is -3.04. The Morgan fingerprint density at radius 2 is 1.89 bits per heavy atom. The van der Waals surface area contributed by atoms with Crippen molar-refractivity contribution in [3.05, 3.63) is 39.7 Å². The standard InChI is InChI=1S/C12H12Cl2F2N2/c1-18-4-2-8(3-5-18)12(15,16)9-6-10(13)17-11(14)7-9/h2,6-7H,3-5H2,1H3. The van der Waals surface area contributed by atoms with Crippen LogP contribution in [0.2, 0.25) is 10.3 Å². The molecule has 0 N–H and O–H groups in total. The van der Waals surface area contributed by atoms with Crippen molar-refractivity contribution in [3.8, 4) is 0 Å². The number of halogens is 4. The zero-order chi connectivity index (χ0) is 13.3. The molecule has 0 atom stereocenters. The Balaban J connectivity index is 2.35. The van der Waals surface area contributed by atoms with Crippen molar-refractivity contribution < 1.29 is 8.78 Å². The first kappa shape index (κ1) is 13.7. The first-order valence-electron chi connectivity index (χ1n) is 5.49. The minimum Gasteiger partial charge on any atom is -0.302 e. The van der Waals surface area contributed by atoms with E-state index in [0.29, 0.717) is 19.5 Å². The molecule has 0 bridgehead atoms. The third-order valence-corrected chi connectivity index (χ3v) is 3.33. The van der Waals surface area contributed by atoms with Crippen LogP contribution in [0, 0.1) is 0 Å². The zero-order valence-electron chi connectivity index (χ0n) is 9.76. The number of pyridine rings is 1. The number of nitrogens with zero attached hydrogens (tertiary/aromatic N) is 2. The predicted molar refractivity (Wildman–Crippen MR) is 68.3 cm³/mol. The summed E-state index contributed by atoms with van der Waals surface area (Å²) >= 11 is 11.3. The smallest absolute Gasteiger partial charge is 0.294 e. The Hall–Kier alpha value is -0.710. The second kappa shape index (κ2) is 5.11. The average Bonchev–Trinajstić information content (AvgIpc) is 2.28. The number of hydrogen-bond donors (Lipinski definition) is 0. The van der Waals surface area contributed by atoms with Crippen LogP contribution < -0.4 is 0 Å². The maximum atomic E-state index is 14.3. The van der Waals surface area contributed by atoms with Gasteiger partial charge in [-0.25, -0.2) is 4.98 Å². The molecule has 18 heavy (non-hydrogen) atoms. The molecule has 1 aromatic rings. The number of hydrogen-bond acceptors (Lipinski definition) is 2. The lowest BCUT2D eigenvalue weighted by Crippen LogP contribution is -2.29. The van der Waals surface area contributed by atoms with Gasteiger partial charge in [0.2, 0.25) is 0 Å². The van der Waals surface area contributed by atoms with Crippen molar-refractivity contribution in [2.45, 2.75) is 12.3 Å². The van der Waals surface area contributed by atoms with Crippen LogP contribution in [0.4, 0.5) is 8.78 Å². The van der Waals surface area contributed by atoms with Crippen molar-refractivity contribution in [2.24, 2.45) is 0 Å². The molecule has 0 aromatic carbocycles. The average molecular weight is 293 g/mol. The quantitative estimate of drug-likeness (QED) is 0.610. The maximum absolute atomic E-state index is 14.3. The number of likely N-dealkylation sites (N-methyl/N-ethyl adjacent to an activating group) is 1. The molecule has 2 heterocycles. The zero-order valence-corrected chi connectivity index (χ0v) is 11.3. The Labute approximate surface area is 114 Å². The van der Waals surface area contributed by atoms with Crippen molar-refractivity contribution in [2.75, 3.05) is 20.1 Å². The molecule has 0 aliphatic carbocycles. The Kier molecular flexibility index (Phi) is 3.90. The van der Waals surface area contributed by atoms with Gasteiger partial charge < -0.3 is 4.90 Å². The van der Waals surface area contributed by atoms with Crippen LogP contribution >= 0.6 is 23.2 Å². The van der Waals surface area contributed by atoms with Gasteiger partial charge >= 0.3 is 0 Å². The van der Waals surface area contributed by atoms with E-state index in [1.807, 2.05) is 11.9 Å². The molecule has 1 aliphatic heterocycles. The molecule has 0 amide bonds. The van der Waals surface area contributed by atoms with E-state index in [-0.39, 0.29) is 21.4 Å². The molecule has 0 unspecified atom stereocenters. The summed E-state index contributed by atoms with van der Waals surface area (Å²) in [5, 5.41) is -0.0450. The summed E-state index contributed by atoms with van der Waals surface area (Å²) in [6.07, 6.45) is 1.90. The molecule has 98 valence electrons. The molecular weight excluding hydrogens is 281 g/mol. The fraction of sp³-hybridized carbons (Fsp3) is 0.417. The highest BCUT2D eigenvalue weighted by atomic mass is 35.5. The van der Waals surface area contributed by atoms with Gasteiger partial charge in [0.15, 0.2) is 0 Å². The Bertz CT molecular complexity index is 469. The first-order valence-corrected chi connectivity index (χ1v) is 6.24.